The van der Waals surface area contributed by atoms with E-state index in [1.165, 1.54) is 19.1 Å². The predicted octanol–water partition coefficient (Wildman–Crippen LogP) is 1.12. The fourth-order valence-electron chi connectivity index (χ4n) is 2.01. The van der Waals surface area contributed by atoms with Gasteiger partial charge in [0.1, 0.15) is 5.78 Å². The van der Waals surface area contributed by atoms with Crippen molar-refractivity contribution in [2.24, 2.45) is 5.92 Å². The highest BCUT2D eigenvalue weighted by Gasteiger charge is 2.44. The van der Waals surface area contributed by atoms with Crippen LogP contribution in [0, 0.1) is 12.8 Å². The number of β-lactam (4-membered cyclic amide) rings is 1. The SMILES string of the molecule is CC(=O)CC1CN(S(=O)(=O)c2ccc(C)cc2)C1=O. The third-order valence-corrected chi connectivity index (χ3v) is 4.90. The Balaban J connectivity index is 2.17. The second-order valence-electron chi connectivity index (χ2n) is 4.79. The van der Waals surface area contributed by atoms with E-state index in [0.29, 0.717) is 0 Å². The van der Waals surface area contributed by atoms with Crippen LogP contribution in [-0.4, -0.2) is 31.0 Å². The number of sulfonamides is 1. The van der Waals surface area contributed by atoms with Crippen molar-refractivity contribution >= 4 is 21.7 Å². The Morgan fingerprint density at radius 1 is 1.32 bits per heavy atom. The van der Waals surface area contributed by atoms with Gasteiger partial charge in [0.2, 0.25) is 5.91 Å². The van der Waals surface area contributed by atoms with Gasteiger partial charge in [-0.2, -0.15) is 0 Å². The van der Waals surface area contributed by atoms with E-state index in [2.05, 4.69) is 0 Å². The lowest BCUT2D eigenvalue weighted by atomic mass is 9.96. The van der Waals surface area contributed by atoms with Crippen LogP contribution >= 0.6 is 0 Å². The van der Waals surface area contributed by atoms with Gasteiger partial charge in [0, 0.05) is 13.0 Å². The van der Waals surface area contributed by atoms with Crippen molar-refractivity contribution < 1.29 is 18.0 Å². The number of carbonyl (C=O) groups excluding carboxylic acids is 2. The fraction of sp³-hybridized carbons (Fsp3) is 0.385. The molecule has 1 unspecified atom stereocenters. The van der Waals surface area contributed by atoms with Crippen molar-refractivity contribution in [2.75, 3.05) is 6.54 Å². The van der Waals surface area contributed by atoms with Gasteiger partial charge in [0.25, 0.3) is 10.0 Å². The molecule has 1 aromatic carbocycles. The molecule has 0 spiro atoms. The van der Waals surface area contributed by atoms with Gasteiger partial charge in [-0.25, -0.2) is 12.7 Å². The van der Waals surface area contributed by atoms with Gasteiger partial charge in [-0.3, -0.25) is 4.79 Å². The molecule has 102 valence electrons. The van der Waals surface area contributed by atoms with Gasteiger partial charge in [-0.1, -0.05) is 17.7 Å². The zero-order valence-electron chi connectivity index (χ0n) is 10.8. The maximum atomic E-state index is 12.2. The fourth-order valence-corrected chi connectivity index (χ4v) is 3.51. The highest BCUT2D eigenvalue weighted by Crippen LogP contribution is 2.28. The van der Waals surface area contributed by atoms with Gasteiger partial charge in [-0.05, 0) is 26.0 Å². The maximum absolute atomic E-state index is 12.2. The molecule has 0 N–H and O–H groups in total. The van der Waals surface area contributed by atoms with Crippen molar-refractivity contribution in [3.8, 4) is 0 Å². The average Bonchev–Trinajstić information content (AvgIpc) is 2.33. The molecule has 1 aliphatic rings. The molecule has 6 heteroatoms. The first-order valence-electron chi connectivity index (χ1n) is 5.95. The zero-order valence-corrected chi connectivity index (χ0v) is 11.6. The van der Waals surface area contributed by atoms with E-state index < -0.39 is 21.8 Å². The first-order valence-corrected chi connectivity index (χ1v) is 7.39. The monoisotopic (exact) mass is 281 g/mol. The minimum absolute atomic E-state index is 0.0919. The summed E-state index contributed by atoms with van der Waals surface area (Å²) in [4.78, 5) is 22.8. The van der Waals surface area contributed by atoms with Crippen molar-refractivity contribution in [2.45, 2.75) is 25.2 Å². The number of rotatable bonds is 4. The average molecular weight is 281 g/mol. The summed E-state index contributed by atoms with van der Waals surface area (Å²) in [6.45, 7) is 3.34. The van der Waals surface area contributed by atoms with Crippen LogP contribution in [0.2, 0.25) is 0 Å². The number of nitrogens with zero attached hydrogens (tertiary/aromatic N) is 1. The van der Waals surface area contributed by atoms with Gasteiger partial charge in [0.05, 0.1) is 10.8 Å². The summed E-state index contributed by atoms with van der Waals surface area (Å²) in [5, 5.41) is 0. The number of Topliss-reactive ketones (excluding diaryl/α,β-unsaturated/α-hetero) is 1. The summed E-state index contributed by atoms with van der Waals surface area (Å²) in [6.07, 6.45) is 0.110. The van der Waals surface area contributed by atoms with E-state index in [1.807, 2.05) is 6.92 Å². The predicted molar refractivity (Wildman–Crippen MR) is 68.9 cm³/mol. The summed E-state index contributed by atoms with van der Waals surface area (Å²) >= 11 is 0. The molecule has 0 radical (unpaired) electrons. The molecule has 1 heterocycles. The van der Waals surface area contributed by atoms with Crippen molar-refractivity contribution in [3.05, 3.63) is 29.8 Å². The summed E-state index contributed by atoms with van der Waals surface area (Å²) < 4.78 is 25.2. The third kappa shape index (κ3) is 2.53. The number of hydrogen-bond acceptors (Lipinski definition) is 4. The standard InChI is InChI=1S/C13H15NO4S/c1-9-3-5-12(6-4-9)19(17,18)14-8-11(13(14)16)7-10(2)15/h3-6,11H,7-8H2,1-2H3. The summed E-state index contributed by atoms with van der Waals surface area (Å²) in [7, 11) is -3.76. The highest BCUT2D eigenvalue weighted by molar-refractivity contribution is 7.89. The summed E-state index contributed by atoms with van der Waals surface area (Å²) in [6, 6.07) is 6.33. The smallest absolute Gasteiger partial charge is 0.266 e. The molecule has 0 bridgehead atoms. The number of carbonyl (C=O) groups is 2. The minimum atomic E-state index is -3.76. The van der Waals surface area contributed by atoms with Crippen LogP contribution in [0.15, 0.2) is 29.2 Å². The molecule has 1 amide bonds. The molecule has 1 saturated heterocycles. The Hall–Kier alpha value is -1.69. The van der Waals surface area contributed by atoms with Crippen LogP contribution in [-0.2, 0) is 19.6 Å². The van der Waals surface area contributed by atoms with Gasteiger partial charge >= 0.3 is 0 Å². The van der Waals surface area contributed by atoms with Gasteiger partial charge in [-0.15, -0.1) is 0 Å². The van der Waals surface area contributed by atoms with Crippen molar-refractivity contribution in [1.29, 1.82) is 0 Å². The Bertz CT molecular complexity index is 619. The Labute approximate surface area is 112 Å². The van der Waals surface area contributed by atoms with Crippen molar-refractivity contribution in [3.63, 3.8) is 0 Å². The van der Waals surface area contributed by atoms with Crippen LogP contribution in [0.3, 0.4) is 0 Å². The molecule has 1 aliphatic heterocycles. The van der Waals surface area contributed by atoms with E-state index in [1.54, 1.807) is 12.1 Å². The van der Waals surface area contributed by atoms with E-state index in [9.17, 15) is 18.0 Å². The zero-order chi connectivity index (χ0) is 14.2. The number of aryl methyl sites for hydroxylation is 1. The largest absolute Gasteiger partial charge is 0.300 e. The van der Waals surface area contributed by atoms with Crippen LogP contribution in [0.25, 0.3) is 0 Å². The first-order chi connectivity index (χ1) is 8.82. The lowest BCUT2D eigenvalue weighted by Gasteiger charge is -2.36. The minimum Gasteiger partial charge on any atom is -0.300 e. The second kappa shape index (κ2) is 4.77. The second-order valence-corrected chi connectivity index (χ2v) is 6.65. The molecule has 1 aromatic rings. The van der Waals surface area contributed by atoms with E-state index in [4.69, 9.17) is 0 Å². The van der Waals surface area contributed by atoms with E-state index in [0.717, 1.165) is 9.87 Å². The number of benzene rings is 1. The van der Waals surface area contributed by atoms with Crippen LogP contribution in [0.1, 0.15) is 18.9 Å². The van der Waals surface area contributed by atoms with Crippen LogP contribution in [0.5, 0.6) is 0 Å². The van der Waals surface area contributed by atoms with Gasteiger partial charge in [0.15, 0.2) is 0 Å². The Kier molecular flexibility index (Phi) is 3.45. The lowest BCUT2D eigenvalue weighted by molar-refractivity contribution is -0.142. The van der Waals surface area contributed by atoms with E-state index in [-0.39, 0.29) is 23.6 Å². The molecule has 0 saturated carbocycles. The van der Waals surface area contributed by atoms with Crippen LogP contribution < -0.4 is 0 Å². The summed E-state index contributed by atoms with van der Waals surface area (Å²) in [5.41, 5.74) is 0.948. The quantitative estimate of drug-likeness (QED) is 0.775. The molecule has 0 aliphatic carbocycles. The molecular formula is C13H15NO4S. The molecule has 5 nitrogen and oxygen atoms in total. The lowest BCUT2D eigenvalue weighted by Crippen LogP contribution is -2.55. The topological polar surface area (TPSA) is 71.5 Å². The number of ketones is 1. The molecule has 1 atom stereocenters. The highest BCUT2D eigenvalue weighted by atomic mass is 32.2. The molecule has 2 rings (SSSR count). The summed E-state index contributed by atoms with van der Waals surface area (Å²) in [5.74, 6) is -1.08. The number of amides is 1. The normalized spacial score (nSPS) is 19.2. The molecule has 0 aromatic heterocycles. The molecule has 19 heavy (non-hydrogen) atoms. The third-order valence-electron chi connectivity index (χ3n) is 3.12. The Morgan fingerprint density at radius 2 is 1.89 bits per heavy atom. The van der Waals surface area contributed by atoms with Gasteiger partial charge < -0.3 is 4.79 Å². The molecule has 1 fully saturated rings. The Morgan fingerprint density at radius 3 is 2.37 bits per heavy atom. The first kappa shape index (κ1) is 13.7. The number of hydrogen-bond donors (Lipinski definition) is 0. The van der Waals surface area contributed by atoms with E-state index >= 15 is 0 Å². The van der Waals surface area contributed by atoms with Crippen LogP contribution in [0.4, 0.5) is 0 Å². The van der Waals surface area contributed by atoms with Crippen molar-refractivity contribution in [1.82, 2.24) is 4.31 Å². The maximum Gasteiger partial charge on any atom is 0.266 e. The molecular weight excluding hydrogens is 266 g/mol.